The van der Waals surface area contributed by atoms with Crippen molar-refractivity contribution < 1.29 is 23.0 Å². The molecule has 2 heterocycles. The Morgan fingerprint density at radius 2 is 1.74 bits per heavy atom. The SMILES string of the molecule is O=C1C[C@H](c2cc(F)ccc2F)c2cc3c(cc2N1)OCCO3. The molecule has 1 amide bonds. The first-order valence-corrected chi connectivity index (χ1v) is 7.30. The molecule has 2 aromatic rings. The Labute approximate surface area is 131 Å². The minimum atomic E-state index is -0.565. The molecular formula is C17H13F2NO3. The Bertz CT molecular complexity index is 807. The lowest BCUT2D eigenvalue weighted by molar-refractivity contribution is -0.116. The smallest absolute Gasteiger partial charge is 0.225 e. The summed E-state index contributed by atoms with van der Waals surface area (Å²) in [4.78, 5) is 12.0. The molecular weight excluding hydrogens is 304 g/mol. The van der Waals surface area contributed by atoms with Gasteiger partial charge in [-0.25, -0.2) is 8.78 Å². The van der Waals surface area contributed by atoms with Crippen molar-refractivity contribution in [1.29, 1.82) is 0 Å². The molecule has 0 bridgehead atoms. The summed E-state index contributed by atoms with van der Waals surface area (Å²) < 4.78 is 38.7. The Kier molecular flexibility index (Phi) is 3.18. The maximum atomic E-state index is 14.2. The molecule has 0 aromatic heterocycles. The van der Waals surface area contributed by atoms with Crippen LogP contribution in [0.5, 0.6) is 11.5 Å². The van der Waals surface area contributed by atoms with E-state index in [0.29, 0.717) is 36.0 Å². The van der Waals surface area contributed by atoms with Crippen LogP contribution in [0, 0.1) is 11.6 Å². The number of carbonyl (C=O) groups is 1. The van der Waals surface area contributed by atoms with E-state index in [-0.39, 0.29) is 17.9 Å². The molecule has 23 heavy (non-hydrogen) atoms. The number of hydrogen-bond donors (Lipinski definition) is 1. The van der Waals surface area contributed by atoms with Crippen LogP contribution < -0.4 is 14.8 Å². The average Bonchev–Trinajstić information content (AvgIpc) is 2.54. The zero-order chi connectivity index (χ0) is 16.0. The quantitative estimate of drug-likeness (QED) is 0.878. The van der Waals surface area contributed by atoms with Gasteiger partial charge in [0.2, 0.25) is 5.91 Å². The van der Waals surface area contributed by atoms with Crippen molar-refractivity contribution in [3.8, 4) is 11.5 Å². The van der Waals surface area contributed by atoms with E-state index in [9.17, 15) is 13.6 Å². The van der Waals surface area contributed by atoms with Crippen LogP contribution in [0.3, 0.4) is 0 Å². The Morgan fingerprint density at radius 3 is 2.52 bits per heavy atom. The number of fused-ring (bicyclic) bond motifs is 2. The third-order valence-corrected chi connectivity index (χ3v) is 4.09. The lowest BCUT2D eigenvalue weighted by Crippen LogP contribution is -2.25. The van der Waals surface area contributed by atoms with Gasteiger partial charge in [0.15, 0.2) is 11.5 Å². The molecule has 0 saturated carbocycles. The fourth-order valence-corrected chi connectivity index (χ4v) is 3.06. The Hall–Kier alpha value is -2.63. The summed E-state index contributed by atoms with van der Waals surface area (Å²) in [5.41, 5.74) is 1.40. The highest BCUT2D eigenvalue weighted by Gasteiger charge is 2.31. The number of nitrogens with one attached hydrogen (secondary N) is 1. The molecule has 0 radical (unpaired) electrons. The molecule has 118 valence electrons. The molecule has 4 rings (SSSR count). The molecule has 0 aliphatic carbocycles. The van der Waals surface area contributed by atoms with E-state index in [0.717, 1.165) is 18.2 Å². The van der Waals surface area contributed by atoms with Gasteiger partial charge in [-0.15, -0.1) is 0 Å². The van der Waals surface area contributed by atoms with Crippen LogP contribution in [0.1, 0.15) is 23.5 Å². The number of ether oxygens (including phenoxy) is 2. The second-order valence-electron chi connectivity index (χ2n) is 5.55. The first-order valence-electron chi connectivity index (χ1n) is 7.30. The standard InChI is InChI=1S/C17H13F2NO3/c18-9-1-2-13(19)11(5-9)10-7-17(21)20-14-8-16-15(6-12(10)14)22-3-4-23-16/h1-2,5-6,8,10H,3-4,7H2,(H,20,21)/t10-/m1/s1. The van der Waals surface area contributed by atoms with E-state index in [4.69, 9.17) is 9.47 Å². The number of anilines is 1. The summed E-state index contributed by atoms with van der Waals surface area (Å²) in [5.74, 6) is -0.796. The highest BCUT2D eigenvalue weighted by atomic mass is 19.1. The van der Waals surface area contributed by atoms with Gasteiger partial charge in [0, 0.05) is 24.1 Å². The maximum absolute atomic E-state index is 14.2. The molecule has 4 nitrogen and oxygen atoms in total. The van der Waals surface area contributed by atoms with Gasteiger partial charge in [-0.2, -0.15) is 0 Å². The van der Waals surface area contributed by atoms with Crippen molar-refractivity contribution >= 4 is 11.6 Å². The minimum Gasteiger partial charge on any atom is -0.486 e. The molecule has 1 N–H and O–H groups in total. The largest absolute Gasteiger partial charge is 0.486 e. The minimum absolute atomic E-state index is 0.0486. The predicted molar refractivity (Wildman–Crippen MR) is 78.9 cm³/mol. The molecule has 2 aliphatic rings. The zero-order valence-electron chi connectivity index (χ0n) is 12.1. The summed E-state index contributed by atoms with van der Waals surface area (Å²) in [5, 5.41) is 2.75. The van der Waals surface area contributed by atoms with Crippen LogP contribution in [0.4, 0.5) is 14.5 Å². The van der Waals surface area contributed by atoms with E-state index < -0.39 is 17.6 Å². The van der Waals surface area contributed by atoms with Crippen LogP contribution in [0.25, 0.3) is 0 Å². The molecule has 2 aromatic carbocycles. The van der Waals surface area contributed by atoms with Gasteiger partial charge in [-0.05, 0) is 35.4 Å². The van der Waals surface area contributed by atoms with Gasteiger partial charge in [0.1, 0.15) is 24.8 Å². The molecule has 0 unspecified atom stereocenters. The summed E-state index contributed by atoms with van der Waals surface area (Å²) in [6, 6.07) is 6.68. The summed E-state index contributed by atoms with van der Waals surface area (Å²) in [6.07, 6.45) is 0.0486. The second kappa shape index (κ2) is 5.22. The van der Waals surface area contributed by atoms with Crippen molar-refractivity contribution in [3.05, 3.63) is 53.1 Å². The topological polar surface area (TPSA) is 47.6 Å². The van der Waals surface area contributed by atoms with E-state index >= 15 is 0 Å². The van der Waals surface area contributed by atoms with E-state index in [1.807, 2.05) is 0 Å². The lowest BCUT2D eigenvalue weighted by Gasteiger charge is -2.29. The number of rotatable bonds is 1. The van der Waals surface area contributed by atoms with Crippen LogP contribution >= 0.6 is 0 Å². The monoisotopic (exact) mass is 317 g/mol. The van der Waals surface area contributed by atoms with Crippen LogP contribution in [-0.2, 0) is 4.79 Å². The molecule has 2 aliphatic heterocycles. The Balaban J connectivity index is 1.87. The van der Waals surface area contributed by atoms with E-state index in [1.165, 1.54) is 0 Å². The lowest BCUT2D eigenvalue weighted by atomic mass is 9.84. The summed E-state index contributed by atoms with van der Waals surface area (Å²) in [7, 11) is 0. The van der Waals surface area contributed by atoms with Gasteiger partial charge in [0.05, 0.1) is 0 Å². The molecule has 0 spiro atoms. The fourth-order valence-electron chi connectivity index (χ4n) is 3.06. The highest BCUT2D eigenvalue weighted by Crippen LogP contribution is 2.44. The summed E-state index contributed by atoms with van der Waals surface area (Å²) >= 11 is 0. The van der Waals surface area contributed by atoms with Crippen LogP contribution in [0.2, 0.25) is 0 Å². The van der Waals surface area contributed by atoms with Gasteiger partial charge in [-0.1, -0.05) is 0 Å². The highest BCUT2D eigenvalue weighted by molar-refractivity contribution is 5.96. The van der Waals surface area contributed by atoms with Crippen molar-refractivity contribution in [2.75, 3.05) is 18.5 Å². The number of hydrogen-bond acceptors (Lipinski definition) is 3. The fraction of sp³-hybridized carbons (Fsp3) is 0.235. The third kappa shape index (κ3) is 2.40. The summed E-state index contributed by atoms with van der Waals surface area (Å²) in [6.45, 7) is 0.860. The van der Waals surface area contributed by atoms with Gasteiger partial charge in [0.25, 0.3) is 0 Å². The van der Waals surface area contributed by atoms with Crippen molar-refractivity contribution in [1.82, 2.24) is 0 Å². The van der Waals surface area contributed by atoms with Gasteiger partial charge in [-0.3, -0.25) is 4.79 Å². The van der Waals surface area contributed by atoms with Crippen molar-refractivity contribution in [2.24, 2.45) is 0 Å². The second-order valence-corrected chi connectivity index (χ2v) is 5.55. The van der Waals surface area contributed by atoms with Crippen LogP contribution in [0.15, 0.2) is 30.3 Å². The van der Waals surface area contributed by atoms with Crippen LogP contribution in [-0.4, -0.2) is 19.1 Å². The molecule has 1 atom stereocenters. The zero-order valence-corrected chi connectivity index (χ0v) is 12.1. The molecule has 0 saturated heterocycles. The third-order valence-electron chi connectivity index (χ3n) is 4.09. The first-order chi connectivity index (χ1) is 11.1. The molecule has 6 heteroatoms. The Morgan fingerprint density at radius 1 is 1.00 bits per heavy atom. The predicted octanol–water partition coefficient (Wildman–Crippen LogP) is 3.21. The van der Waals surface area contributed by atoms with Gasteiger partial charge < -0.3 is 14.8 Å². The number of halogens is 2. The normalized spacial score (nSPS) is 19.0. The first kappa shape index (κ1) is 14.0. The van der Waals surface area contributed by atoms with Crippen molar-refractivity contribution in [3.63, 3.8) is 0 Å². The average molecular weight is 317 g/mol. The van der Waals surface area contributed by atoms with Gasteiger partial charge >= 0.3 is 0 Å². The number of carbonyl (C=O) groups excluding carboxylic acids is 1. The van der Waals surface area contributed by atoms with E-state index in [2.05, 4.69) is 5.32 Å². The number of benzene rings is 2. The maximum Gasteiger partial charge on any atom is 0.225 e. The number of amides is 1. The van der Waals surface area contributed by atoms with E-state index in [1.54, 1.807) is 12.1 Å². The molecule has 0 fully saturated rings. The van der Waals surface area contributed by atoms with Crippen molar-refractivity contribution in [2.45, 2.75) is 12.3 Å².